The Hall–Kier alpha value is -3.28. The van der Waals surface area contributed by atoms with E-state index in [0.29, 0.717) is 63.0 Å². The maximum Gasteiger partial charge on any atom is 0.266 e. The minimum Gasteiger partial charge on any atom is -0.459 e. The average Bonchev–Trinajstić information content (AvgIpc) is 3.49. The zero-order valence-electron chi connectivity index (χ0n) is 19.2. The number of nitrogens with one attached hydrogen (secondary N) is 1. The molecule has 2 aromatic rings. The number of hydrogen-bond acceptors (Lipinski definition) is 7. The fraction of sp³-hybridized carbons (Fsp3) is 0.583. The van der Waals surface area contributed by atoms with Gasteiger partial charge in [0.15, 0.2) is 5.76 Å². The second kappa shape index (κ2) is 10.1. The van der Waals surface area contributed by atoms with E-state index in [1.807, 2.05) is 9.80 Å². The number of likely N-dealkylation sites (tertiary alicyclic amines) is 1. The number of rotatable bonds is 6. The SMILES string of the molecule is CC(C)CC(=O)N1CCC(NC(=O)C2CCN(c3oc(-c4ccco4)nc3C#N)CC2)CC1. The number of amides is 2. The van der Waals surface area contributed by atoms with Crippen LogP contribution >= 0.6 is 0 Å². The predicted octanol–water partition coefficient (Wildman–Crippen LogP) is 3.18. The molecule has 2 aromatic heterocycles. The maximum atomic E-state index is 12.8. The first-order valence-electron chi connectivity index (χ1n) is 11.7. The largest absolute Gasteiger partial charge is 0.459 e. The van der Waals surface area contributed by atoms with Crippen LogP contribution in [-0.2, 0) is 9.59 Å². The molecule has 0 atom stereocenters. The second-order valence-electron chi connectivity index (χ2n) is 9.28. The molecule has 2 aliphatic rings. The Morgan fingerprint density at radius 2 is 1.94 bits per heavy atom. The maximum absolute atomic E-state index is 12.8. The van der Waals surface area contributed by atoms with Gasteiger partial charge in [0, 0.05) is 44.6 Å². The molecule has 1 N–H and O–H groups in total. The molecule has 0 unspecified atom stereocenters. The number of oxazole rings is 1. The number of piperidine rings is 2. The van der Waals surface area contributed by atoms with Crippen molar-refractivity contribution in [2.45, 2.75) is 52.0 Å². The van der Waals surface area contributed by atoms with Crippen LogP contribution in [0.25, 0.3) is 11.7 Å². The first kappa shape index (κ1) is 22.9. The van der Waals surface area contributed by atoms with Crippen LogP contribution in [0.4, 0.5) is 5.88 Å². The molecular formula is C24H31N5O4. The van der Waals surface area contributed by atoms with E-state index >= 15 is 0 Å². The van der Waals surface area contributed by atoms with Crippen LogP contribution < -0.4 is 10.2 Å². The van der Waals surface area contributed by atoms with E-state index < -0.39 is 0 Å². The summed E-state index contributed by atoms with van der Waals surface area (Å²) < 4.78 is 11.1. The Labute approximate surface area is 193 Å². The summed E-state index contributed by atoms with van der Waals surface area (Å²) in [6, 6.07) is 5.68. The normalized spacial score (nSPS) is 17.9. The van der Waals surface area contributed by atoms with E-state index in [2.05, 4.69) is 30.2 Å². The number of aromatic nitrogens is 1. The molecule has 0 aliphatic carbocycles. The minimum absolute atomic E-state index is 0.0696. The first-order valence-corrected chi connectivity index (χ1v) is 11.7. The summed E-state index contributed by atoms with van der Waals surface area (Å²) in [6.45, 7) is 6.74. The highest BCUT2D eigenvalue weighted by atomic mass is 16.4. The molecule has 2 saturated heterocycles. The Morgan fingerprint density at radius 1 is 1.21 bits per heavy atom. The lowest BCUT2D eigenvalue weighted by atomic mass is 9.94. The van der Waals surface area contributed by atoms with Gasteiger partial charge in [0.2, 0.25) is 23.4 Å². The Bertz CT molecular complexity index is 991. The quantitative estimate of drug-likeness (QED) is 0.714. The van der Waals surface area contributed by atoms with Gasteiger partial charge in [0.1, 0.15) is 6.07 Å². The van der Waals surface area contributed by atoms with E-state index in [9.17, 15) is 14.9 Å². The molecule has 0 bridgehead atoms. The van der Waals surface area contributed by atoms with Gasteiger partial charge in [-0.15, -0.1) is 0 Å². The van der Waals surface area contributed by atoms with E-state index in [0.717, 1.165) is 12.8 Å². The summed E-state index contributed by atoms with van der Waals surface area (Å²) in [7, 11) is 0. The topological polar surface area (TPSA) is 116 Å². The average molecular weight is 454 g/mol. The van der Waals surface area contributed by atoms with Crippen LogP contribution in [-0.4, -0.2) is 53.9 Å². The lowest BCUT2D eigenvalue weighted by Gasteiger charge is -2.35. The van der Waals surface area contributed by atoms with Crippen molar-refractivity contribution in [1.29, 1.82) is 5.26 Å². The number of carbonyl (C=O) groups is 2. The fourth-order valence-corrected chi connectivity index (χ4v) is 4.52. The van der Waals surface area contributed by atoms with E-state index in [-0.39, 0.29) is 35.4 Å². The van der Waals surface area contributed by atoms with Crippen molar-refractivity contribution < 1.29 is 18.4 Å². The number of carbonyl (C=O) groups excluding carboxylic acids is 2. The standard InChI is InChI=1S/C24H31N5O4/c1-16(2)14-21(30)28-11-7-18(8-12-28)26-22(31)17-5-9-29(10-6-17)24-19(15-25)27-23(33-24)20-4-3-13-32-20/h3-4,13,16-18H,5-12,14H2,1-2H3,(H,26,31). The smallest absolute Gasteiger partial charge is 0.266 e. The van der Waals surface area contributed by atoms with Crippen LogP contribution in [0.3, 0.4) is 0 Å². The number of hydrogen-bond donors (Lipinski definition) is 1. The molecule has 33 heavy (non-hydrogen) atoms. The molecule has 0 spiro atoms. The summed E-state index contributed by atoms with van der Waals surface area (Å²) in [5, 5.41) is 12.7. The Morgan fingerprint density at radius 3 is 2.55 bits per heavy atom. The zero-order valence-corrected chi connectivity index (χ0v) is 19.2. The third-order valence-corrected chi connectivity index (χ3v) is 6.38. The van der Waals surface area contributed by atoms with Crippen molar-refractivity contribution in [3.63, 3.8) is 0 Å². The summed E-state index contributed by atoms with van der Waals surface area (Å²) in [4.78, 5) is 33.2. The van der Waals surface area contributed by atoms with Gasteiger partial charge in [-0.3, -0.25) is 9.59 Å². The number of nitrogens with zero attached hydrogens (tertiary/aromatic N) is 4. The van der Waals surface area contributed by atoms with Crippen molar-refractivity contribution in [2.75, 3.05) is 31.1 Å². The lowest BCUT2D eigenvalue weighted by molar-refractivity contribution is -0.133. The number of furan rings is 1. The van der Waals surface area contributed by atoms with Gasteiger partial charge in [-0.1, -0.05) is 13.8 Å². The Balaban J connectivity index is 1.26. The van der Waals surface area contributed by atoms with Crippen LogP contribution in [0, 0.1) is 23.2 Å². The van der Waals surface area contributed by atoms with Crippen molar-refractivity contribution in [3.8, 4) is 17.7 Å². The molecule has 4 heterocycles. The first-order chi connectivity index (χ1) is 15.9. The number of anilines is 1. The second-order valence-corrected chi connectivity index (χ2v) is 9.28. The molecule has 0 saturated carbocycles. The highest BCUT2D eigenvalue weighted by molar-refractivity contribution is 5.79. The molecule has 0 aromatic carbocycles. The summed E-state index contributed by atoms with van der Waals surface area (Å²) in [5.74, 6) is 1.77. The predicted molar refractivity (Wildman–Crippen MR) is 121 cm³/mol. The summed E-state index contributed by atoms with van der Waals surface area (Å²) in [5.41, 5.74) is 0.225. The van der Waals surface area contributed by atoms with Gasteiger partial charge in [-0.25, -0.2) is 0 Å². The number of nitriles is 1. The third kappa shape index (κ3) is 5.38. The molecule has 2 amide bonds. The molecule has 0 radical (unpaired) electrons. The van der Waals surface area contributed by atoms with Gasteiger partial charge in [0.05, 0.1) is 6.26 Å². The van der Waals surface area contributed by atoms with Crippen LogP contribution in [0.15, 0.2) is 27.2 Å². The van der Waals surface area contributed by atoms with Crippen LogP contribution in [0.1, 0.15) is 51.6 Å². The molecule has 9 heteroatoms. The lowest BCUT2D eigenvalue weighted by Crippen LogP contribution is -2.49. The molecule has 9 nitrogen and oxygen atoms in total. The summed E-state index contributed by atoms with van der Waals surface area (Å²) >= 11 is 0. The molecular weight excluding hydrogens is 422 g/mol. The third-order valence-electron chi connectivity index (χ3n) is 6.38. The molecule has 4 rings (SSSR count). The van der Waals surface area contributed by atoms with E-state index in [1.165, 1.54) is 6.26 Å². The van der Waals surface area contributed by atoms with E-state index in [4.69, 9.17) is 8.83 Å². The van der Waals surface area contributed by atoms with Crippen molar-refractivity contribution in [1.82, 2.24) is 15.2 Å². The molecule has 2 fully saturated rings. The van der Waals surface area contributed by atoms with Gasteiger partial charge >= 0.3 is 0 Å². The van der Waals surface area contributed by atoms with Crippen molar-refractivity contribution in [3.05, 3.63) is 24.1 Å². The fourth-order valence-electron chi connectivity index (χ4n) is 4.52. The van der Waals surface area contributed by atoms with Gasteiger partial charge < -0.3 is 24.0 Å². The van der Waals surface area contributed by atoms with Crippen LogP contribution in [0.2, 0.25) is 0 Å². The minimum atomic E-state index is -0.0696. The van der Waals surface area contributed by atoms with Crippen molar-refractivity contribution in [2.24, 2.45) is 11.8 Å². The molecule has 2 aliphatic heterocycles. The Kier molecular flexibility index (Phi) is 7.02. The van der Waals surface area contributed by atoms with E-state index in [1.54, 1.807) is 12.1 Å². The molecule has 176 valence electrons. The highest BCUT2D eigenvalue weighted by Gasteiger charge is 2.31. The van der Waals surface area contributed by atoms with Crippen molar-refractivity contribution >= 4 is 17.7 Å². The van der Waals surface area contributed by atoms with Gasteiger partial charge in [-0.2, -0.15) is 10.2 Å². The zero-order chi connectivity index (χ0) is 23.4. The summed E-state index contributed by atoms with van der Waals surface area (Å²) in [6.07, 6.45) is 5.07. The van der Waals surface area contributed by atoms with Crippen LogP contribution in [0.5, 0.6) is 0 Å². The monoisotopic (exact) mass is 453 g/mol. The van der Waals surface area contributed by atoms with Gasteiger partial charge in [-0.05, 0) is 43.7 Å². The van der Waals surface area contributed by atoms with Gasteiger partial charge in [0.25, 0.3) is 5.89 Å². The highest BCUT2D eigenvalue weighted by Crippen LogP contribution is 2.31.